The number of halogens is 1. The predicted molar refractivity (Wildman–Crippen MR) is 130 cm³/mol. The third-order valence-electron chi connectivity index (χ3n) is 5.29. The summed E-state index contributed by atoms with van der Waals surface area (Å²) in [6.07, 6.45) is 0. The van der Waals surface area contributed by atoms with E-state index in [1.807, 2.05) is 0 Å². The molecule has 160 valence electrons. The number of hydrogen-bond acceptors (Lipinski definition) is 4. The van der Waals surface area contributed by atoms with Crippen molar-refractivity contribution in [3.63, 3.8) is 0 Å². The van der Waals surface area contributed by atoms with Crippen molar-refractivity contribution < 1.29 is 8.42 Å². The smallest absolute Gasteiger partial charge is 0.193 e. The van der Waals surface area contributed by atoms with Gasteiger partial charge in [-0.05, 0) is 51.8 Å². The molecule has 1 N–H and O–H groups in total. The van der Waals surface area contributed by atoms with E-state index in [-0.39, 0.29) is 29.7 Å². The normalized spacial score (nSPS) is 16.0. The maximum Gasteiger partial charge on any atom is 0.193 e. The van der Waals surface area contributed by atoms with Gasteiger partial charge in [0, 0.05) is 45.5 Å². The van der Waals surface area contributed by atoms with Crippen LogP contribution >= 0.6 is 24.0 Å². The lowest BCUT2D eigenvalue weighted by molar-refractivity contribution is 0.373. The molecule has 6 nitrogen and oxygen atoms in total. The molecule has 8 heteroatoms. The van der Waals surface area contributed by atoms with Gasteiger partial charge in [-0.3, -0.25) is 4.99 Å². The third kappa shape index (κ3) is 5.98. The molecule has 1 aromatic carbocycles. The van der Waals surface area contributed by atoms with Gasteiger partial charge in [-0.1, -0.05) is 12.1 Å². The van der Waals surface area contributed by atoms with Gasteiger partial charge in [0.25, 0.3) is 0 Å². The molecule has 0 amide bonds. The highest BCUT2D eigenvalue weighted by molar-refractivity contribution is 14.0. The molecule has 0 spiro atoms. The SMILES string of the molecule is CN=C(NCCS(=O)(=O)C(C)(C)C)N1CCN(c2cccc(C)c2C)CC1.I. The van der Waals surface area contributed by atoms with Gasteiger partial charge in [0.15, 0.2) is 15.8 Å². The minimum absolute atomic E-state index is 0. The van der Waals surface area contributed by atoms with Crippen LogP contribution in [0.4, 0.5) is 5.69 Å². The lowest BCUT2D eigenvalue weighted by Gasteiger charge is -2.38. The molecule has 2 rings (SSSR count). The first-order valence-corrected chi connectivity index (χ1v) is 11.2. The zero-order valence-corrected chi connectivity index (χ0v) is 21.1. The zero-order valence-electron chi connectivity index (χ0n) is 17.9. The fourth-order valence-corrected chi connectivity index (χ4v) is 4.16. The summed E-state index contributed by atoms with van der Waals surface area (Å²) in [5.41, 5.74) is 3.95. The van der Waals surface area contributed by atoms with Gasteiger partial charge in [0.05, 0.1) is 10.5 Å². The molecule has 1 aromatic rings. The molecule has 0 saturated carbocycles. The number of rotatable bonds is 4. The molecule has 0 atom stereocenters. The Balaban J connectivity index is 0.00000392. The summed E-state index contributed by atoms with van der Waals surface area (Å²) in [4.78, 5) is 8.95. The maximum absolute atomic E-state index is 12.3. The largest absolute Gasteiger partial charge is 0.368 e. The molecular formula is C20H35IN4O2S. The van der Waals surface area contributed by atoms with E-state index in [1.165, 1.54) is 16.8 Å². The van der Waals surface area contributed by atoms with Crippen molar-refractivity contribution in [2.45, 2.75) is 39.4 Å². The Hall–Kier alpha value is -1.03. The van der Waals surface area contributed by atoms with Crippen molar-refractivity contribution in [3.8, 4) is 0 Å². The van der Waals surface area contributed by atoms with Gasteiger partial charge in [-0.15, -0.1) is 24.0 Å². The van der Waals surface area contributed by atoms with Gasteiger partial charge in [0.1, 0.15) is 0 Å². The van der Waals surface area contributed by atoms with Crippen molar-refractivity contribution >= 4 is 45.5 Å². The van der Waals surface area contributed by atoms with Gasteiger partial charge in [-0.25, -0.2) is 8.42 Å². The number of sulfone groups is 1. The highest BCUT2D eigenvalue weighted by Crippen LogP contribution is 2.23. The number of guanidine groups is 1. The monoisotopic (exact) mass is 522 g/mol. The summed E-state index contributed by atoms with van der Waals surface area (Å²) < 4.78 is 23.8. The van der Waals surface area contributed by atoms with Gasteiger partial charge < -0.3 is 15.1 Å². The van der Waals surface area contributed by atoms with E-state index in [9.17, 15) is 8.42 Å². The quantitative estimate of drug-likeness (QED) is 0.375. The number of benzene rings is 1. The van der Waals surface area contributed by atoms with Crippen molar-refractivity contribution in [2.24, 2.45) is 4.99 Å². The number of piperazine rings is 1. The Labute approximate surface area is 187 Å². The molecule has 1 fully saturated rings. The third-order valence-corrected chi connectivity index (χ3v) is 7.90. The van der Waals surface area contributed by atoms with Crippen molar-refractivity contribution in [1.82, 2.24) is 10.2 Å². The molecular weight excluding hydrogens is 487 g/mol. The first kappa shape index (κ1) is 25.0. The first-order valence-electron chi connectivity index (χ1n) is 9.56. The number of hydrogen-bond donors (Lipinski definition) is 1. The van der Waals surface area contributed by atoms with Crippen LogP contribution in [0, 0.1) is 13.8 Å². The lowest BCUT2D eigenvalue weighted by Crippen LogP contribution is -2.53. The first-order chi connectivity index (χ1) is 12.6. The molecule has 1 aliphatic heterocycles. The second kappa shape index (κ2) is 10.1. The average molecular weight is 522 g/mol. The number of nitrogens with one attached hydrogen (secondary N) is 1. The molecule has 28 heavy (non-hydrogen) atoms. The van der Waals surface area contributed by atoms with Crippen molar-refractivity contribution in [1.29, 1.82) is 0 Å². The Kier molecular flexibility index (Phi) is 9.05. The summed E-state index contributed by atoms with van der Waals surface area (Å²) in [6.45, 7) is 13.5. The van der Waals surface area contributed by atoms with E-state index in [0.29, 0.717) is 6.54 Å². The van der Waals surface area contributed by atoms with Crippen molar-refractivity contribution in [3.05, 3.63) is 29.3 Å². The Morgan fingerprint density at radius 2 is 1.75 bits per heavy atom. The molecule has 1 aliphatic rings. The van der Waals surface area contributed by atoms with Crippen LogP contribution in [0.25, 0.3) is 0 Å². The Morgan fingerprint density at radius 3 is 2.29 bits per heavy atom. The fourth-order valence-electron chi connectivity index (χ4n) is 3.17. The summed E-state index contributed by atoms with van der Waals surface area (Å²) in [5.74, 6) is 0.887. The topological polar surface area (TPSA) is 65.0 Å². The van der Waals surface area contributed by atoms with Crippen LogP contribution in [-0.2, 0) is 9.84 Å². The fraction of sp³-hybridized carbons (Fsp3) is 0.650. The molecule has 0 aromatic heterocycles. The van der Waals surface area contributed by atoms with Gasteiger partial charge in [-0.2, -0.15) is 0 Å². The van der Waals surface area contributed by atoms with E-state index in [2.05, 4.69) is 52.2 Å². The van der Waals surface area contributed by atoms with Crippen LogP contribution < -0.4 is 10.2 Å². The van der Waals surface area contributed by atoms with Crippen LogP contribution in [0.15, 0.2) is 23.2 Å². The van der Waals surface area contributed by atoms with E-state index < -0.39 is 14.6 Å². The van der Waals surface area contributed by atoms with Crippen LogP contribution in [0.5, 0.6) is 0 Å². The molecule has 1 saturated heterocycles. The van der Waals surface area contributed by atoms with Crippen LogP contribution in [0.2, 0.25) is 0 Å². The van der Waals surface area contributed by atoms with E-state index >= 15 is 0 Å². The molecule has 0 aliphatic carbocycles. The van der Waals surface area contributed by atoms with E-state index in [4.69, 9.17) is 0 Å². The Morgan fingerprint density at radius 1 is 1.14 bits per heavy atom. The number of aryl methyl sites for hydroxylation is 1. The van der Waals surface area contributed by atoms with Gasteiger partial charge >= 0.3 is 0 Å². The molecule has 0 unspecified atom stereocenters. The maximum atomic E-state index is 12.3. The van der Waals surface area contributed by atoms with Crippen LogP contribution in [0.3, 0.4) is 0 Å². The van der Waals surface area contributed by atoms with Crippen molar-refractivity contribution in [2.75, 3.05) is 50.4 Å². The summed E-state index contributed by atoms with van der Waals surface area (Å²) in [5, 5.41) is 3.22. The minimum Gasteiger partial charge on any atom is -0.368 e. The molecule has 0 bridgehead atoms. The predicted octanol–water partition coefficient (Wildman–Crippen LogP) is 2.83. The highest BCUT2D eigenvalue weighted by atomic mass is 127. The zero-order chi connectivity index (χ0) is 20.2. The second-order valence-electron chi connectivity index (χ2n) is 8.10. The molecule has 0 radical (unpaired) electrons. The Bertz CT molecular complexity index is 780. The number of aliphatic imine (C=N–C) groups is 1. The van der Waals surface area contributed by atoms with Crippen LogP contribution in [-0.4, -0.2) is 69.5 Å². The minimum atomic E-state index is -3.13. The summed E-state index contributed by atoms with van der Waals surface area (Å²) >= 11 is 0. The van der Waals surface area contributed by atoms with E-state index in [1.54, 1.807) is 27.8 Å². The average Bonchev–Trinajstić information content (AvgIpc) is 2.60. The van der Waals surface area contributed by atoms with Gasteiger partial charge in [0.2, 0.25) is 0 Å². The molecule has 1 heterocycles. The summed E-state index contributed by atoms with van der Waals surface area (Å²) in [7, 11) is -1.38. The standard InChI is InChI=1S/C20H34N4O2S.HI/c1-16-8-7-9-18(17(16)2)23-11-13-24(14-12-23)19(21-6)22-10-15-27(25,26)20(3,4)5;/h7-9H,10-15H2,1-6H3,(H,21,22);1H. The second-order valence-corrected chi connectivity index (χ2v) is 11.0. The number of nitrogens with zero attached hydrogens (tertiary/aromatic N) is 3. The lowest BCUT2D eigenvalue weighted by atomic mass is 10.1. The number of anilines is 1. The summed E-state index contributed by atoms with van der Waals surface area (Å²) in [6, 6.07) is 6.44. The highest BCUT2D eigenvalue weighted by Gasteiger charge is 2.28. The van der Waals surface area contributed by atoms with E-state index in [0.717, 1.165) is 32.1 Å². The van der Waals surface area contributed by atoms with Crippen LogP contribution in [0.1, 0.15) is 31.9 Å².